The van der Waals surface area contributed by atoms with E-state index in [4.69, 9.17) is 0 Å². The summed E-state index contributed by atoms with van der Waals surface area (Å²) < 4.78 is 12.9. The molecule has 0 aromatic heterocycles. The number of piperazine rings is 1. The molecule has 1 aliphatic rings. The normalized spacial score (nSPS) is 16.7. The van der Waals surface area contributed by atoms with Crippen LogP contribution in [0.4, 0.5) is 4.39 Å². The SMILES string of the molecule is Fc1ccc(/C=C/CCN2CCN(Cc3ccccc3)CC2)cc1. The Balaban J connectivity index is 1.36. The van der Waals surface area contributed by atoms with E-state index >= 15 is 0 Å². The molecule has 0 saturated carbocycles. The molecule has 2 aromatic carbocycles. The molecule has 1 saturated heterocycles. The van der Waals surface area contributed by atoms with E-state index in [0.29, 0.717) is 0 Å². The predicted molar refractivity (Wildman–Crippen MR) is 98.2 cm³/mol. The number of hydrogen-bond donors (Lipinski definition) is 0. The van der Waals surface area contributed by atoms with Crippen LogP contribution in [0.15, 0.2) is 60.7 Å². The lowest BCUT2D eigenvalue weighted by Crippen LogP contribution is -2.46. The number of rotatable bonds is 6. The van der Waals surface area contributed by atoms with Gasteiger partial charge in [-0.3, -0.25) is 4.90 Å². The van der Waals surface area contributed by atoms with Crippen molar-refractivity contribution in [3.8, 4) is 0 Å². The zero-order chi connectivity index (χ0) is 16.6. The molecule has 0 radical (unpaired) electrons. The maximum Gasteiger partial charge on any atom is 0.123 e. The second kappa shape index (κ2) is 8.76. The first-order valence-electron chi connectivity index (χ1n) is 8.70. The van der Waals surface area contributed by atoms with Crippen LogP contribution in [0.1, 0.15) is 17.5 Å². The Bertz CT molecular complexity index is 629. The van der Waals surface area contributed by atoms with Crippen LogP contribution in [-0.4, -0.2) is 42.5 Å². The molecule has 0 amide bonds. The highest BCUT2D eigenvalue weighted by atomic mass is 19.1. The molecule has 0 N–H and O–H groups in total. The zero-order valence-corrected chi connectivity index (χ0v) is 14.1. The minimum absolute atomic E-state index is 0.180. The van der Waals surface area contributed by atoms with E-state index in [-0.39, 0.29) is 5.82 Å². The maximum atomic E-state index is 12.9. The van der Waals surface area contributed by atoms with Gasteiger partial charge in [0, 0.05) is 39.3 Å². The first-order valence-corrected chi connectivity index (χ1v) is 8.70. The van der Waals surface area contributed by atoms with E-state index < -0.39 is 0 Å². The molecule has 1 heterocycles. The second-order valence-electron chi connectivity index (χ2n) is 6.35. The second-order valence-corrected chi connectivity index (χ2v) is 6.35. The summed E-state index contributed by atoms with van der Waals surface area (Å²) in [5.74, 6) is -0.180. The van der Waals surface area contributed by atoms with Gasteiger partial charge in [-0.15, -0.1) is 0 Å². The van der Waals surface area contributed by atoms with E-state index in [9.17, 15) is 4.39 Å². The Morgan fingerprint density at radius 3 is 2.21 bits per heavy atom. The fourth-order valence-electron chi connectivity index (χ4n) is 3.06. The quantitative estimate of drug-likeness (QED) is 0.791. The third-order valence-corrected chi connectivity index (χ3v) is 4.51. The largest absolute Gasteiger partial charge is 0.300 e. The predicted octanol–water partition coefficient (Wildman–Crippen LogP) is 4.05. The van der Waals surface area contributed by atoms with Crippen LogP contribution in [0.3, 0.4) is 0 Å². The van der Waals surface area contributed by atoms with E-state index in [0.717, 1.165) is 51.3 Å². The van der Waals surface area contributed by atoms with Crippen molar-refractivity contribution in [2.24, 2.45) is 0 Å². The van der Waals surface area contributed by atoms with Gasteiger partial charge in [0.25, 0.3) is 0 Å². The Morgan fingerprint density at radius 2 is 1.50 bits per heavy atom. The van der Waals surface area contributed by atoms with E-state index in [1.807, 2.05) is 12.1 Å². The molecule has 24 heavy (non-hydrogen) atoms. The summed E-state index contributed by atoms with van der Waals surface area (Å²) in [6.45, 7) is 6.69. The third-order valence-electron chi connectivity index (χ3n) is 4.51. The average Bonchev–Trinajstić information content (AvgIpc) is 2.62. The molecule has 1 aliphatic heterocycles. The van der Waals surface area contributed by atoms with Crippen LogP contribution in [-0.2, 0) is 6.54 Å². The van der Waals surface area contributed by atoms with Crippen molar-refractivity contribution in [1.82, 2.24) is 9.80 Å². The van der Waals surface area contributed by atoms with Crippen LogP contribution in [0, 0.1) is 5.82 Å². The topological polar surface area (TPSA) is 6.48 Å². The summed E-state index contributed by atoms with van der Waals surface area (Å²) in [5, 5.41) is 0. The van der Waals surface area contributed by atoms with Crippen molar-refractivity contribution < 1.29 is 4.39 Å². The molecular formula is C21H25FN2. The molecule has 0 unspecified atom stereocenters. The van der Waals surface area contributed by atoms with Crippen molar-refractivity contribution in [3.05, 3.63) is 77.6 Å². The summed E-state index contributed by atoms with van der Waals surface area (Å²) in [4.78, 5) is 5.05. The van der Waals surface area contributed by atoms with Gasteiger partial charge >= 0.3 is 0 Å². The lowest BCUT2D eigenvalue weighted by Gasteiger charge is -2.34. The van der Waals surface area contributed by atoms with Gasteiger partial charge in [0.15, 0.2) is 0 Å². The van der Waals surface area contributed by atoms with Crippen molar-refractivity contribution in [1.29, 1.82) is 0 Å². The number of hydrogen-bond acceptors (Lipinski definition) is 2. The first kappa shape index (κ1) is 16.9. The van der Waals surface area contributed by atoms with Crippen LogP contribution < -0.4 is 0 Å². The minimum atomic E-state index is -0.180. The van der Waals surface area contributed by atoms with Crippen LogP contribution in [0.5, 0.6) is 0 Å². The Kier molecular flexibility index (Phi) is 6.16. The van der Waals surface area contributed by atoms with Gasteiger partial charge in [-0.05, 0) is 29.7 Å². The molecule has 3 heteroatoms. The van der Waals surface area contributed by atoms with Crippen molar-refractivity contribution in [3.63, 3.8) is 0 Å². The maximum absolute atomic E-state index is 12.9. The lowest BCUT2D eigenvalue weighted by molar-refractivity contribution is 0.129. The molecule has 0 aliphatic carbocycles. The molecule has 3 rings (SSSR count). The molecule has 126 valence electrons. The van der Waals surface area contributed by atoms with Gasteiger partial charge in [0.2, 0.25) is 0 Å². The number of nitrogens with zero attached hydrogens (tertiary/aromatic N) is 2. The van der Waals surface area contributed by atoms with Gasteiger partial charge in [0.1, 0.15) is 5.82 Å². The fourth-order valence-corrected chi connectivity index (χ4v) is 3.06. The molecular weight excluding hydrogens is 299 g/mol. The van der Waals surface area contributed by atoms with Crippen LogP contribution in [0.25, 0.3) is 6.08 Å². The Labute approximate surface area is 144 Å². The monoisotopic (exact) mass is 324 g/mol. The van der Waals surface area contributed by atoms with Crippen molar-refractivity contribution in [2.45, 2.75) is 13.0 Å². The lowest BCUT2D eigenvalue weighted by atomic mass is 10.2. The summed E-state index contributed by atoms with van der Waals surface area (Å²) in [7, 11) is 0. The standard InChI is InChI=1S/C21H25FN2/c22-21-11-9-19(10-12-21)6-4-5-13-23-14-16-24(17-15-23)18-20-7-2-1-3-8-20/h1-4,6-12H,5,13-18H2/b6-4+. The van der Waals surface area contributed by atoms with Crippen molar-refractivity contribution in [2.75, 3.05) is 32.7 Å². The van der Waals surface area contributed by atoms with Crippen LogP contribution in [0.2, 0.25) is 0 Å². The zero-order valence-electron chi connectivity index (χ0n) is 14.1. The Morgan fingerprint density at radius 1 is 0.833 bits per heavy atom. The van der Waals surface area contributed by atoms with Gasteiger partial charge in [0.05, 0.1) is 0 Å². The summed E-state index contributed by atoms with van der Waals surface area (Å²) in [6, 6.07) is 17.3. The van der Waals surface area contributed by atoms with Gasteiger partial charge in [-0.25, -0.2) is 4.39 Å². The highest BCUT2D eigenvalue weighted by Crippen LogP contribution is 2.09. The molecule has 2 aromatic rings. The Hall–Kier alpha value is -1.97. The summed E-state index contributed by atoms with van der Waals surface area (Å²) >= 11 is 0. The number of benzene rings is 2. The van der Waals surface area contributed by atoms with Gasteiger partial charge in [-0.1, -0.05) is 54.6 Å². The molecule has 2 nitrogen and oxygen atoms in total. The number of halogens is 1. The molecule has 0 bridgehead atoms. The van der Waals surface area contributed by atoms with Crippen LogP contribution >= 0.6 is 0 Å². The highest BCUT2D eigenvalue weighted by Gasteiger charge is 2.15. The third kappa shape index (κ3) is 5.29. The highest BCUT2D eigenvalue weighted by molar-refractivity contribution is 5.48. The summed E-state index contributed by atoms with van der Waals surface area (Å²) in [6.07, 6.45) is 5.30. The smallest absolute Gasteiger partial charge is 0.123 e. The van der Waals surface area contributed by atoms with E-state index in [1.54, 1.807) is 0 Å². The average molecular weight is 324 g/mol. The molecule has 1 fully saturated rings. The van der Waals surface area contributed by atoms with E-state index in [1.165, 1.54) is 17.7 Å². The van der Waals surface area contributed by atoms with Crippen molar-refractivity contribution >= 4 is 6.08 Å². The summed E-state index contributed by atoms with van der Waals surface area (Å²) in [5.41, 5.74) is 2.46. The van der Waals surface area contributed by atoms with Gasteiger partial charge < -0.3 is 4.90 Å². The minimum Gasteiger partial charge on any atom is -0.300 e. The van der Waals surface area contributed by atoms with E-state index in [2.05, 4.69) is 52.3 Å². The molecule has 0 atom stereocenters. The fraction of sp³-hybridized carbons (Fsp3) is 0.333. The van der Waals surface area contributed by atoms with Gasteiger partial charge in [-0.2, -0.15) is 0 Å². The molecule has 0 spiro atoms. The first-order chi connectivity index (χ1) is 11.8.